The Hall–Kier alpha value is -2.37. The van der Waals surface area contributed by atoms with E-state index in [-0.39, 0.29) is 23.7 Å². The Balaban J connectivity index is 1.64. The molecule has 1 atom stereocenters. The molecule has 6 heteroatoms. The molecule has 2 amide bonds. The van der Waals surface area contributed by atoms with E-state index in [0.717, 1.165) is 12.0 Å². The van der Waals surface area contributed by atoms with Crippen molar-refractivity contribution in [2.75, 3.05) is 18.5 Å². The van der Waals surface area contributed by atoms with Crippen LogP contribution in [0.4, 0.5) is 5.69 Å². The van der Waals surface area contributed by atoms with Crippen LogP contribution in [-0.2, 0) is 20.7 Å². The number of hydrogen-bond acceptors (Lipinski definition) is 4. The molecule has 2 aliphatic heterocycles. The van der Waals surface area contributed by atoms with E-state index in [1.54, 1.807) is 18.2 Å². The Morgan fingerprint density at radius 3 is 2.82 bits per heavy atom. The molecule has 0 radical (unpaired) electrons. The number of rotatable bonds is 3. The van der Waals surface area contributed by atoms with Crippen molar-refractivity contribution in [2.24, 2.45) is 5.92 Å². The number of carbonyl (C=O) groups excluding carboxylic acids is 3. The van der Waals surface area contributed by atoms with Crippen molar-refractivity contribution in [3.63, 3.8) is 0 Å². The standard InChI is InChI=1S/C16H18N2O4/c19-14-6-4-10(8-17-14)9-22-16(21)12-2-1-3-13-11(12)5-7-15(20)18-13/h1-3,10H,4-9H2,(H,17,19)(H,18,20). The third-order valence-electron chi connectivity index (χ3n) is 4.09. The summed E-state index contributed by atoms with van der Waals surface area (Å²) in [5.74, 6) is -0.183. The summed E-state index contributed by atoms with van der Waals surface area (Å²) in [7, 11) is 0. The third-order valence-corrected chi connectivity index (χ3v) is 4.09. The molecular weight excluding hydrogens is 284 g/mol. The zero-order valence-electron chi connectivity index (χ0n) is 12.2. The zero-order chi connectivity index (χ0) is 15.5. The molecule has 0 aromatic heterocycles. The quantitative estimate of drug-likeness (QED) is 0.823. The first-order chi connectivity index (χ1) is 10.6. The number of hydrogen-bond donors (Lipinski definition) is 2. The molecule has 1 aromatic carbocycles. The highest BCUT2D eigenvalue weighted by Crippen LogP contribution is 2.26. The van der Waals surface area contributed by atoms with Gasteiger partial charge in [0, 0.05) is 31.0 Å². The van der Waals surface area contributed by atoms with Crippen LogP contribution in [0.25, 0.3) is 0 Å². The van der Waals surface area contributed by atoms with Gasteiger partial charge in [-0.2, -0.15) is 0 Å². The van der Waals surface area contributed by atoms with E-state index in [1.807, 2.05) is 0 Å². The van der Waals surface area contributed by atoms with Crippen molar-refractivity contribution >= 4 is 23.5 Å². The van der Waals surface area contributed by atoms with Gasteiger partial charge in [-0.05, 0) is 30.5 Å². The van der Waals surface area contributed by atoms with E-state index in [0.29, 0.717) is 43.7 Å². The number of fused-ring (bicyclic) bond motifs is 1. The minimum absolute atomic E-state index is 0.0315. The lowest BCUT2D eigenvalue weighted by atomic mass is 9.97. The molecule has 2 heterocycles. The molecule has 1 fully saturated rings. The Morgan fingerprint density at radius 2 is 2.05 bits per heavy atom. The predicted molar refractivity (Wildman–Crippen MR) is 79.4 cm³/mol. The third kappa shape index (κ3) is 3.10. The van der Waals surface area contributed by atoms with Gasteiger partial charge < -0.3 is 15.4 Å². The average Bonchev–Trinajstić information content (AvgIpc) is 2.53. The topological polar surface area (TPSA) is 84.5 Å². The lowest BCUT2D eigenvalue weighted by molar-refractivity contribution is -0.123. The molecule has 6 nitrogen and oxygen atoms in total. The number of anilines is 1. The van der Waals surface area contributed by atoms with E-state index in [4.69, 9.17) is 4.74 Å². The summed E-state index contributed by atoms with van der Waals surface area (Å²) in [6.07, 6.45) is 2.15. The molecule has 116 valence electrons. The SMILES string of the molecule is O=C1CCC(COC(=O)c2cccc3c2CCC(=O)N3)CN1. The van der Waals surface area contributed by atoms with E-state index in [2.05, 4.69) is 10.6 Å². The highest BCUT2D eigenvalue weighted by Gasteiger charge is 2.23. The maximum absolute atomic E-state index is 12.3. The van der Waals surface area contributed by atoms with Crippen molar-refractivity contribution < 1.29 is 19.1 Å². The van der Waals surface area contributed by atoms with Gasteiger partial charge in [0.05, 0.1) is 12.2 Å². The van der Waals surface area contributed by atoms with Gasteiger partial charge in [0.15, 0.2) is 0 Å². The van der Waals surface area contributed by atoms with Crippen molar-refractivity contribution in [3.05, 3.63) is 29.3 Å². The molecule has 1 saturated heterocycles. The van der Waals surface area contributed by atoms with Gasteiger partial charge >= 0.3 is 5.97 Å². The molecule has 0 bridgehead atoms. The first kappa shape index (κ1) is 14.6. The largest absolute Gasteiger partial charge is 0.462 e. The molecule has 2 N–H and O–H groups in total. The van der Waals surface area contributed by atoms with Gasteiger partial charge in [-0.15, -0.1) is 0 Å². The summed E-state index contributed by atoms with van der Waals surface area (Å²) in [5, 5.41) is 5.54. The van der Waals surface area contributed by atoms with Gasteiger partial charge in [0.1, 0.15) is 0 Å². The number of nitrogens with one attached hydrogen (secondary N) is 2. The second-order valence-corrected chi connectivity index (χ2v) is 5.69. The van der Waals surface area contributed by atoms with E-state index >= 15 is 0 Å². The second-order valence-electron chi connectivity index (χ2n) is 5.69. The summed E-state index contributed by atoms with van der Waals surface area (Å²) in [6, 6.07) is 5.25. The van der Waals surface area contributed by atoms with Crippen LogP contribution in [0.3, 0.4) is 0 Å². The normalized spacial score (nSPS) is 20.6. The fourth-order valence-corrected chi connectivity index (χ4v) is 2.81. The first-order valence-corrected chi connectivity index (χ1v) is 7.49. The number of piperidine rings is 1. The fraction of sp³-hybridized carbons (Fsp3) is 0.438. The highest BCUT2D eigenvalue weighted by atomic mass is 16.5. The minimum atomic E-state index is -0.370. The van der Waals surface area contributed by atoms with E-state index in [1.165, 1.54) is 0 Å². The number of carbonyl (C=O) groups is 3. The molecular formula is C16H18N2O4. The molecule has 0 saturated carbocycles. The van der Waals surface area contributed by atoms with Gasteiger partial charge in [0.2, 0.25) is 11.8 Å². The molecule has 1 aromatic rings. The predicted octanol–water partition coefficient (Wildman–Crippen LogP) is 1.25. The van der Waals surface area contributed by atoms with Crippen LogP contribution in [-0.4, -0.2) is 30.9 Å². The number of esters is 1. The Kier molecular flexibility index (Phi) is 4.09. The van der Waals surface area contributed by atoms with Gasteiger partial charge in [0.25, 0.3) is 0 Å². The van der Waals surface area contributed by atoms with Crippen molar-refractivity contribution in [1.29, 1.82) is 0 Å². The van der Waals surface area contributed by atoms with Crippen LogP contribution in [0.15, 0.2) is 18.2 Å². The number of benzene rings is 1. The fourth-order valence-electron chi connectivity index (χ4n) is 2.81. The second kappa shape index (κ2) is 6.17. The Morgan fingerprint density at radius 1 is 1.18 bits per heavy atom. The summed E-state index contributed by atoms with van der Waals surface area (Å²) < 4.78 is 5.39. The summed E-state index contributed by atoms with van der Waals surface area (Å²) in [5.41, 5.74) is 2.04. The summed E-state index contributed by atoms with van der Waals surface area (Å²) in [4.78, 5) is 34.8. The number of amides is 2. The minimum Gasteiger partial charge on any atom is -0.462 e. The van der Waals surface area contributed by atoms with Crippen LogP contribution in [0.2, 0.25) is 0 Å². The lowest BCUT2D eigenvalue weighted by Gasteiger charge is -2.23. The molecule has 0 aliphatic carbocycles. The van der Waals surface area contributed by atoms with E-state index in [9.17, 15) is 14.4 Å². The maximum Gasteiger partial charge on any atom is 0.338 e. The lowest BCUT2D eigenvalue weighted by Crippen LogP contribution is -2.37. The number of ether oxygens (including phenoxy) is 1. The van der Waals surface area contributed by atoms with Crippen LogP contribution in [0, 0.1) is 5.92 Å². The van der Waals surface area contributed by atoms with Crippen molar-refractivity contribution in [3.8, 4) is 0 Å². The molecule has 22 heavy (non-hydrogen) atoms. The van der Waals surface area contributed by atoms with Crippen LogP contribution in [0.1, 0.15) is 35.2 Å². The smallest absolute Gasteiger partial charge is 0.338 e. The summed E-state index contributed by atoms with van der Waals surface area (Å²) >= 11 is 0. The Bertz CT molecular complexity index is 617. The van der Waals surface area contributed by atoms with Crippen LogP contribution in [0.5, 0.6) is 0 Å². The van der Waals surface area contributed by atoms with Crippen LogP contribution < -0.4 is 10.6 Å². The molecule has 2 aliphatic rings. The van der Waals surface area contributed by atoms with Crippen LogP contribution >= 0.6 is 0 Å². The van der Waals surface area contributed by atoms with Gasteiger partial charge in [-0.3, -0.25) is 9.59 Å². The van der Waals surface area contributed by atoms with Crippen molar-refractivity contribution in [1.82, 2.24) is 5.32 Å². The zero-order valence-corrected chi connectivity index (χ0v) is 12.2. The van der Waals surface area contributed by atoms with E-state index < -0.39 is 0 Å². The van der Waals surface area contributed by atoms with Gasteiger partial charge in [-0.25, -0.2) is 4.79 Å². The first-order valence-electron chi connectivity index (χ1n) is 7.49. The molecule has 0 spiro atoms. The molecule has 3 rings (SSSR count). The maximum atomic E-state index is 12.3. The monoisotopic (exact) mass is 302 g/mol. The van der Waals surface area contributed by atoms with Crippen molar-refractivity contribution in [2.45, 2.75) is 25.7 Å². The molecule has 1 unspecified atom stereocenters. The highest BCUT2D eigenvalue weighted by molar-refractivity contribution is 5.99. The van der Waals surface area contributed by atoms with Gasteiger partial charge in [-0.1, -0.05) is 6.07 Å². The Labute approximate surface area is 128 Å². The average molecular weight is 302 g/mol. The summed E-state index contributed by atoms with van der Waals surface area (Å²) in [6.45, 7) is 0.851.